The zero-order valence-electron chi connectivity index (χ0n) is 11.1. The first-order chi connectivity index (χ1) is 9.56. The van der Waals surface area contributed by atoms with Crippen molar-refractivity contribution < 1.29 is 14.6 Å². The third-order valence-corrected chi connectivity index (χ3v) is 2.54. The van der Waals surface area contributed by atoms with E-state index in [-0.39, 0.29) is 6.61 Å². The fourth-order valence-electron chi connectivity index (χ4n) is 1.68. The van der Waals surface area contributed by atoms with Crippen LogP contribution in [0.5, 0.6) is 5.75 Å². The first-order valence-electron chi connectivity index (χ1n) is 5.92. The number of hydrogen-bond acceptors (Lipinski definition) is 5. The summed E-state index contributed by atoms with van der Waals surface area (Å²) in [5, 5.41) is 20.2. The molecule has 0 fully saturated rings. The van der Waals surface area contributed by atoms with Gasteiger partial charge in [-0.2, -0.15) is 4.80 Å². The summed E-state index contributed by atoms with van der Waals surface area (Å²) in [6.07, 6.45) is 2.57. The van der Waals surface area contributed by atoms with Crippen molar-refractivity contribution >= 4 is 12.0 Å². The Labute approximate surface area is 115 Å². The second kappa shape index (κ2) is 5.96. The standard InChI is InChI=1S/C13H14N4O3/c1-9-4-3-5-10(6-7-12(18)19)13(9)20-8-11-14-16-17(2)15-11/h3-7H,8H2,1-2H3,(H,18,19)/b7-6+. The molecule has 0 amide bonds. The Morgan fingerprint density at radius 2 is 2.30 bits per heavy atom. The summed E-state index contributed by atoms with van der Waals surface area (Å²) in [5.74, 6) is 0.0643. The largest absolute Gasteiger partial charge is 0.485 e. The van der Waals surface area contributed by atoms with Gasteiger partial charge in [-0.1, -0.05) is 18.2 Å². The van der Waals surface area contributed by atoms with Gasteiger partial charge in [-0.25, -0.2) is 4.79 Å². The first-order valence-corrected chi connectivity index (χ1v) is 5.92. The topological polar surface area (TPSA) is 90.1 Å². The molecule has 0 aliphatic heterocycles. The average Bonchev–Trinajstić information content (AvgIpc) is 2.81. The molecule has 1 aromatic heterocycles. The molecule has 7 nitrogen and oxygen atoms in total. The highest BCUT2D eigenvalue weighted by Crippen LogP contribution is 2.25. The summed E-state index contributed by atoms with van der Waals surface area (Å²) in [6, 6.07) is 5.51. The number of carboxylic acid groups (broad SMARTS) is 1. The molecule has 20 heavy (non-hydrogen) atoms. The molecule has 1 heterocycles. The van der Waals surface area contributed by atoms with E-state index in [4.69, 9.17) is 9.84 Å². The number of tetrazole rings is 1. The fraction of sp³-hybridized carbons (Fsp3) is 0.231. The SMILES string of the molecule is Cc1cccc(/C=C/C(=O)O)c1OCc1nnn(C)n1. The smallest absolute Gasteiger partial charge is 0.328 e. The lowest BCUT2D eigenvalue weighted by atomic mass is 10.1. The quantitative estimate of drug-likeness (QED) is 0.824. The number of carbonyl (C=O) groups is 1. The molecule has 0 saturated heterocycles. The van der Waals surface area contributed by atoms with Crippen molar-refractivity contribution in [2.24, 2.45) is 7.05 Å². The molecule has 0 spiro atoms. The summed E-state index contributed by atoms with van der Waals surface area (Å²) in [6.45, 7) is 2.06. The molecule has 0 radical (unpaired) electrons. The average molecular weight is 274 g/mol. The highest BCUT2D eigenvalue weighted by Gasteiger charge is 2.08. The van der Waals surface area contributed by atoms with Gasteiger partial charge in [-0.3, -0.25) is 0 Å². The summed E-state index contributed by atoms with van der Waals surface area (Å²) in [4.78, 5) is 11.9. The summed E-state index contributed by atoms with van der Waals surface area (Å²) in [5.41, 5.74) is 1.60. The number of aryl methyl sites for hydroxylation is 2. The Kier molecular flexibility index (Phi) is 4.09. The van der Waals surface area contributed by atoms with Gasteiger partial charge in [0.05, 0.1) is 7.05 Å². The van der Waals surface area contributed by atoms with E-state index in [1.54, 1.807) is 13.1 Å². The van der Waals surface area contributed by atoms with Gasteiger partial charge in [0.1, 0.15) is 5.75 Å². The van der Waals surface area contributed by atoms with E-state index in [1.165, 1.54) is 10.9 Å². The van der Waals surface area contributed by atoms with Crippen molar-refractivity contribution in [3.05, 3.63) is 41.2 Å². The number of rotatable bonds is 5. The zero-order chi connectivity index (χ0) is 14.5. The number of carboxylic acids is 1. The zero-order valence-corrected chi connectivity index (χ0v) is 11.1. The molecule has 1 aromatic carbocycles. The summed E-state index contributed by atoms with van der Waals surface area (Å²) in [7, 11) is 1.67. The Bertz CT molecular complexity index is 649. The van der Waals surface area contributed by atoms with E-state index in [2.05, 4.69) is 15.4 Å². The van der Waals surface area contributed by atoms with Gasteiger partial charge >= 0.3 is 5.97 Å². The summed E-state index contributed by atoms with van der Waals surface area (Å²) >= 11 is 0. The van der Waals surface area contributed by atoms with Crippen LogP contribution >= 0.6 is 0 Å². The number of hydrogen-bond donors (Lipinski definition) is 1. The van der Waals surface area contributed by atoms with Gasteiger partial charge < -0.3 is 9.84 Å². The predicted molar refractivity (Wildman–Crippen MR) is 71.0 cm³/mol. The molecule has 104 valence electrons. The van der Waals surface area contributed by atoms with E-state index >= 15 is 0 Å². The number of aromatic nitrogens is 4. The van der Waals surface area contributed by atoms with Gasteiger partial charge in [0, 0.05) is 11.6 Å². The number of aliphatic carboxylic acids is 1. The molecule has 2 rings (SSSR count). The van der Waals surface area contributed by atoms with Gasteiger partial charge in [0.15, 0.2) is 6.61 Å². The van der Waals surface area contributed by atoms with Crippen LogP contribution < -0.4 is 4.74 Å². The number of nitrogens with zero attached hydrogens (tertiary/aromatic N) is 4. The highest BCUT2D eigenvalue weighted by molar-refractivity contribution is 5.86. The van der Waals surface area contributed by atoms with Crippen LogP contribution in [0, 0.1) is 6.92 Å². The molecule has 0 saturated carbocycles. The Morgan fingerprint density at radius 3 is 2.95 bits per heavy atom. The molecular formula is C13H14N4O3. The van der Waals surface area contributed by atoms with Crippen LogP contribution in [-0.4, -0.2) is 31.3 Å². The van der Waals surface area contributed by atoms with E-state index in [1.807, 2.05) is 19.1 Å². The lowest BCUT2D eigenvalue weighted by Gasteiger charge is -2.10. The lowest BCUT2D eigenvalue weighted by molar-refractivity contribution is -0.131. The minimum absolute atomic E-state index is 0.173. The summed E-state index contributed by atoms with van der Waals surface area (Å²) < 4.78 is 5.68. The van der Waals surface area contributed by atoms with Crippen LogP contribution in [0.1, 0.15) is 17.0 Å². The molecule has 0 aliphatic carbocycles. The number of para-hydroxylation sites is 1. The van der Waals surface area contributed by atoms with Gasteiger partial charge in [-0.05, 0) is 23.8 Å². The molecule has 0 bridgehead atoms. The molecule has 7 heteroatoms. The maximum Gasteiger partial charge on any atom is 0.328 e. The van der Waals surface area contributed by atoms with Crippen molar-refractivity contribution in [2.45, 2.75) is 13.5 Å². The van der Waals surface area contributed by atoms with Gasteiger partial charge in [0.2, 0.25) is 5.82 Å². The van der Waals surface area contributed by atoms with Crippen LogP contribution in [0.25, 0.3) is 6.08 Å². The maximum absolute atomic E-state index is 10.6. The molecule has 1 N–H and O–H groups in total. The van der Waals surface area contributed by atoms with E-state index in [9.17, 15) is 4.79 Å². The Hall–Kier alpha value is -2.70. The van der Waals surface area contributed by atoms with E-state index in [0.717, 1.165) is 11.6 Å². The lowest BCUT2D eigenvalue weighted by Crippen LogP contribution is -2.01. The minimum atomic E-state index is -1.01. The molecular weight excluding hydrogens is 260 g/mol. The monoisotopic (exact) mass is 274 g/mol. The van der Waals surface area contributed by atoms with Crippen LogP contribution in [-0.2, 0) is 18.4 Å². The maximum atomic E-state index is 10.6. The van der Waals surface area contributed by atoms with Crippen LogP contribution in [0.3, 0.4) is 0 Å². The van der Waals surface area contributed by atoms with Crippen LogP contribution in [0.15, 0.2) is 24.3 Å². The molecule has 0 aliphatic rings. The van der Waals surface area contributed by atoms with Crippen molar-refractivity contribution in [1.82, 2.24) is 20.2 Å². The van der Waals surface area contributed by atoms with E-state index < -0.39 is 5.97 Å². The van der Waals surface area contributed by atoms with E-state index in [0.29, 0.717) is 17.1 Å². The Balaban J connectivity index is 2.19. The minimum Gasteiger partial charge on any atom is -0.485 e. The first kappa shape index (κ1) is 13.7. The molecule has 0 unspecified atom stereocenters. The normalized spacial score (nSPS) is 10.9. The predicted octanol–water partition coefficient (Wildman–Crippen LogP) is 1.20. The number of benzene rings is 1. The van der Waals surface area contributed by atoms with Gasteiger partial charge in [-0.15, -0.1) is 10.2 Å². The third-order valence-electron chi connectivity index (χ3n) is 2.54. The Morgan fingerprint density at radius 1 is 1.50 bits per heavy atom. The fourth-order valence-corrected chi connectivity index (χ4v) is 1.68. The third kappa shape index (κ3) is 3.41. The van der Waals surface area contributed by atoms with Crippen molar-refractivity contribution in [2.75, 3.05) is 0 Å². The highest BCUT2D eigenvalue weighted by atomic mass is 16.5. The second-order valence-electron chi connectivity index (χ2n) is 4.15. The second-order valence-corrected chi connectivity index (χ2v) is 4.15. The van der Waals surface area contributed by atoms with Crippen LogP contribution in [0.4, 0.5) is 0 Å². The van der Waals surface area contributed by atoms with Crippen molar-refractivity contribution in [1.29, 1.82) is 0 Å². The van der Waals surface area contributed by atoms with Gasteiger partial charge in [0.25, 0.3) is 0 Å². The van der Waals surface area contributed by atoms with Crippen LogP contribution in [0.2, 0.25) is 0 Å². The molecule has 0 atom stereocenters. The molecule has 2 aromatic rings. The van der Waals surface area contributed by atoms with Crippen molar-refractivity contribution in [3.63, 3.8) is 0 Å². The number of ether oxygens (including phenoxy) is 1. The van der Waals surface area contributed by atoms with Crippen molar-refractivity contribution in [3.8, 4) is 5.75 Å².